The van der Waals surface area contributed by atoms with E-state index in [1.807, 2.05) is 39.0 Å². The van der Waals surface area contributed by atoms with Gasteiger partial charge in [0.05, 0.1) is 12.6 Å². The van der Waals surface area contributed by atoms with Crippen molar-refractivity contribution in [2.24, 2.45) is 5.92 Å². The number of aromatic nitrogens is 1. The lowest BCUT2D eigenvalue weighted by Gasteiger charge is -2.41. The number of ether oxygens (including phenoxy) is 1. The van der Waals surface area contributed by atoms with E-state index in [4.69, 9.17) is 4.74 Å². The number of rotatable bonds is 5. The summed E-state index contributed by atoms with van der Waals surface area (Å²) in [6.45, 7) is 5.73. The van der Waals surface area contributed by atoms with E-state index in [1.54, 1.807) is 24.5 Å². The van der Waals surface area contributed by atoms with Crippen LogP contribution >= 0.6 is 0 Å². The highest BCUT2D eigenvalue weighted by molar-refractivity contribution is 5.99. The van der Waals surface area contributed by atoms with E-state index in [0.29, 0.717) is 5.56 Å². The van der Waals surface area contributed by atoms with E-state index in [-0.39, 0.29) is 43.9 Å². The van der Waals surface area contributed by atoms with E-state index >= 15 is 0 Å². The second kappa shape index (κ2) is 8.26. The number of amides is 1. The summed E-state index contributed by atoms with van der Waals surface area (Å²) < 4.78 is 33.2. The maximum Gasteiger partial charge on any atom is 0.411 e. The van der Waals surface area contributed by atoms with Gasteiger partial charge in [0.1, 0.15) is 5.60 Å². The van der Waals surface area contributed by atoms with Gasteiger partial charge >= 0.3 is 6.09 Å². The third kappa shape index (κ3) is 4.12. The molecule has 1 aliphatic carbocycles. The van der Waals surface area contributed by atoms with Crippen LogP contribution in [0.15, 0.2) is 42.7 Å². The number of halogens is 2. The fourth-order valence-corrected chi connectivity index (χ4v) is 5.11. The number of carbonyl (C=O) groups excluding carboxylic acids is 2. The molecule has 0 N–H and O–H groups in total. The summed E-state index contributed by atoms with van der Waals surface area (Å²) in [6, 6.07) is 8.73. The number of ketones is 1. The Kier molecular flexibility index (Phi) is 5.77. The summed E-state index contributed by atoms with van der Waals surface area (Å²) in [5.74, 6) is -2.96. The third-order valence-electron chi connectivity index (χ3n) is 6.73. The van der Waals surface area contributed by atoms with Crippen LogP contribution in [-0.2, 0) is 4.74 Å². The molecular formula is C25H28F2N2O3. The van der Waals surface area contributed by atoms with Gasteiger partial charge in [0.2, 0.25) is 5.92 Å². The topological polar surface area (TPSA) is 59.5 Å². The Morgan fingerprint density at radius 1 is 1.16 bits per heavy atom. The van der Waals surface area contributed by atoms with Crippen molar-refractivity contribution in [2.75, 3.05) is 6.54 Å². The number of Topliss-reactive ketones (excluding diaryl/α,β-unsaturated/α-hetero) is 1. The first kappa shape index (κ1) is 22.4. The second-order valence-corrected chi connectivity index (χ2v) is 9.30. The highest BCUT2D eigenvalue weighted by atomic mass is 19.3. The van der Waals surface area contributed by atoms with Crippen molar-refractivity contribution in [2.45, 2.75) is 64.0 Å². The Morgan fingerprint density at radius 2 is 1.81 bits per heavy atom. The SMILES string of the molecule is Cc1ccncc1-c1ccc(C(=O)CN2C(=O)OC3(CCC(F)(F)CC3)C2C(C)C)cc1. The zero-order chi connectivity index (χ0) is 23.1. The standard InChI is InChI=1S/C25H28F2N2O3/c1-16(2)22-24(9-11-25(26,27)12-10-24)32-23(31)29(22)15-21(30)19-6-4-18(5-7-19)20-14-28-13-8-17(20)3/h4-8,13-14,16,22H,9-12,15H2,1-3H3. The molecule has 7 heteroatoms. The Bertz CT molecular complexity index is 1010. The first-order valence-corrected chi connectivity index (χ1v) is 11.0. The van der Waals surface area contributed by atoms with Crippen LogP contribution in [0.4, 0.5) is 13.6 Å². The molecular weight excluding hydrogens is 414 g/mol. The largest absolute Gasteiger partial charge is 0.441 e. The van der Waals surface area contributed by atoms with Gasteiger partial charge in [-0.2, -0.15) is 0 Å². The summed E-state index contributed by atoms with van der Waals surface area (Å²) >= 11 is 0. The van der Waals surface area contributed by atoms with Crippen LogP contribution in [0.2, 0.25) is 0 Å². The molecule has 1 aromatic carbocycles. The fraction of sp³-hybridized carbons (Fsp3) is 0.480. The zero-order valence-corrected chi connectivity index (χ0v) is 18.6. The van der Waals surface area contributed by atoms with Gasteiger partial charge in [-0.15, -0.1) is 0 Å². The number of alkyl halides is 2. The summed E-state index contributed by atoms with van der Waals surface area (Å²) in [6.07, 6.45) is 2.53. The Balaban J connectivity index is 1.52. The van der Waals surface area contributed by atoms with E-state index < -0.39 is 23.7 Å². The molecule has 0 bridgehead atoms. The highest BCUT2D eigenvalue weighted by Gasteiger charge is 2.58. The molecule has 2 fully saturated rings. The smallest absolute Gasteiger partial charge is 0.411 e. The highest BCUT2D eigenvalue weighted by Crippen LogP contribution is 2.48. The average molecular weight is 443 g/mol. The molecule has 1 saturated carbocycles. The molecule has 32 heavy (non-hydrogen) atoms. The number of carbonyl (C=O) groups is 2. The summed E-state index contributed by atoms with van der Waals surface area (Å²) in [5.41, 5.74) is 2.57. The van der Waals surface area contributed by atoms with E-state index in [2.05, 4.69) is 4.98 Å². The summed E-state index contributed by atoms with van der Waals surface area (Å²) in [7, 11) is 0. The Hall–Kier alpha value is -2.83. The number of hydrogen-bond acceptors (Lipinski definition) is 4. The van der Waals surface area contributed by atoms with Gasteiger partial charge in [-0.3, -0.25) is 14.7 Å². The van der Waals surface area contributed by atoms with E-state index in [9.17, 15) is 18.4 Å². The lowest BCUT2D eigenvalue weighted by atomic mass is 9.74. The normalized spacial score (nSPS) is 21.8. The van der Waals surface area contributed by atoms with Gasteiger partial charge in [0.25, 0.3) is 0 Å². The van der Waals surface area contributed by atoms with Crippen molar-refractivity contribution in [3.05, 3.63) is 53.9 Å². The summed E-state index contributed by atoms with van der Waals surface area (Å²) in [5, 5.41) is 0. The van der Waals surface area contributed by atoms with Gasteiger partial charge in [0, 0.05) is 36.4 Å². The monoisotopic (exact) mass is 442 g/mol. The van der Waals surface area contributed by atoms with Gasteiger partial charge in [0.15, 0.2) is 5.78 Å². The third-order valence-corrected chi connectivity index (χ3v) is 6.73. The van der Waals surface area contributed by atoms with E-state index in [0.717, 1.165) is 16.7 Å². The molecule has 2 heterocycles. The van der Waals surface area contributed by atoms with Crippen molar-refractivity contribution in [1.82, 2.24) is 9.88 Å². The molecule has 1 aromatic heterocycles. The Labute approximate surface area is 186 Å². The van der Waals surface area contributed by atoms with Gasteiger partial charge in [-0.05, 0) is 42.9 Å². The van der Waals surface area contributed by atoms with Crippen LogP contribution in [-0.4, -0.2) is 45.9 Å². The molecule has 2 aromatic rings. The van der Waals surface area contributed by atoms with Crippen LogP contribution in [0, 0.1) is 12.8 Å². The maximum atomic E-state index is 13.8. The lowest BCUT2D eigenvalue weighted by molar-refractivity contribution is -0.106. The number of benzene rings is 1. The second-order valence-electron chi connectivity index (χ2n) is 9.30. The lowest BCUT2D eigenvalue weighted by Crippen LogP contribution is -2.52. The van der Waals surface area contributed by atoms with Gasteiger partial charge < -0.3 is 4.74 Å². The quantitative estimate of drug-likeness (QED) is 0.560. The molecule has 5 nitrogen and oxygen atoms in total. The minimum atomic E-state index is -2.73. The molecule has 0 radical (unpaired) electrons. The molecule has 1 aliphatic heterocycles. The molecule has 1 amide bonds. The zero-order valence-electron chi connectivity index (χ0n) is 18.6. The molecule has 1 spiro atoms. The van der Waals surface area contributed by atoms with Crippen molar-refractivity contribution < 1.29 is 23.1 Å². The predicted octanol–water partition coefficient (Wildman–Crippen LogP) is 5.66. The number of hydrogen-bond donors (Lipinski definition) is 0. The first-order chi connectivity index (χ1) is 15.1. The molecule has 1 saturated heterocycles. The minimum Gasteiger partial charge on any atom is -0.441 e. The number of pyridine rings is 1. The first-order valence-electron chi connectivity index (χ1n) is 11.0. The van der Waals surface area contributed by atoms with Gasteiger partial charge in [-0.1, -0.05) is 38.1 Å². The van der Waals surface area contributed by atoms with Crippen LogP contribution in [0.1, 0.15) is 55.5 Å². The van der Waals surface area contributed by atoms with Crippen molar-refractivity contribution in [1.29, 1.82) is 0 Å². The minimum absolute atomic E-state index is 0.0306. The van der Waals surface area contributed by atoms with Gasteiger partial charge in [-0.25, -0.2) is 13.6 Å². The van der Waals surface area contributed by atoms with Crippen molar-refractivity contribution >= 4 is 11.9 Å². The number of aryl methyl sites for hydroxylation is 1. The van der Waals surface area contributed by atoms with Crippen molar-refractivity contribution in [3.63, 3.8) is 0 Å². The molecule has 1 unspecified atom stereocenters. The average Bonchev–Trinajstić information content (AvgIpc) is 3.02. The van der Waals surface area contributed by atoms with Crippen molar-refractivity contribution in [3.8, 4) is 11.1 Å². The molecule has 1 atom stereocenters. The van der Waals surface area contributed by atoms with Crippen LogP contribution in [0.5, 0.6) is 0 Å². The maximum absolute atomic E-state index is 13.8. The number of nitrogens with zero attached hydrogens (tertiary/aromatic N) is 2. The van der Waals surface area contributed by atoms with Crippen LogP contribution in [0.3, 0.4) is 0 Å². The van der Waals surface area contributed by atoms with Crippen LogP contribution < -0.4 is 0 Å². The molecule has 4 rings (SSSR count). The molecule has 2 aliphatic rings. The predicted molar refractivity (Wildman–Crippen MR) is 117 cm³/mol. The molecule has 170 valence electrons. The Morgan fingerprint density at radius 3 is 2.41 bits per heavy atom. The fourth-order valence-electron chi connectivity index (χ4n) is 5.11. The van der Waals surface area contributed by atoms with Crippen LogP contribution in [0.25, 0.3) is 11.1 Å². The van der Waals surface area contributed by atoms with E-state index in [1.165, 1.54) is 4.90 Å². The summed E-state index contributed by atoms with van der Waals surface area (Å²) in [4.78, 5) is 31.3.